The molecule has 0 saturated heterocycles. The lowest BCUT2D eigenvalue weighted by Crippen LogP contribution is -2.07. The zero-order chi connectivity index (χ0) is 14.8. The van der Waals surface area contributed by atoms with E-state index >= 15 is 0 Å². The second-order valence-corrected chi connectivity index (χ2v) is 4.54. The molecule has 3 N–H and O–H groups in total. The number of rotatable bonds is 3. The summed E-state index contributed by atoms with van der Waals surface area (Å²) >= 11 is 0. The summed E-state index contributed by atoms with van der Waals surface area (Å²) in [5, 5.41) is 10.1. The molecule has 1 atom stereocenters. The van der Waals surface area contributed by atoms with E-state index in [0.29, 0.717) is 16.8 Å². The summed E-state index contributed by atoms with van der Waals surface area (Å²) in [6, 6.07) is 11.6. The van der Waals surface area contributed by atoms with Gasteiger partial charge in [0, 0.05) is 17.7 Å². The van der Waals surface area contributed by atoms with E-state index in [-0.39, 0.29) is 6.42 Å². The molecule has 2 nitrogen and oxygen atoms in total. The Morgan fingerprint density at radius 1 is 1.00 bits per heavy atom. The van der Waals surface area contributed by atoms with Crippen molar-refractivity contribution in [2.24, 2.45) is 0 Å². The molecule has 106 valence electrons. The standard InChI is InChI=1S/C15H14F3NO/c16-15(17,18)11-7-5-10(6-8-11)9-14(20)12-3-1-2-4-13(12)19/h1-8,14,20H,9,19H2. The van der Waals surface area contributed by atoms with Crippen molar-refractivity contribution >= 4 is 5.69 Å². The molecule has 0 spiro atoms. The molecule has 0 radical (unpaired) electrons. The van der Waals surface area contributed by atoms with Crippen LogP contribution in [-0.2, 0) is 12.6 Å². The number of anilines is 1. The number of nitrogen functional groups attached to an aromatic ring is 1. The first-order chi connectivity index (χ1) is 9.38. The van der Waals surface area contributed by atoms with Gasteiger partial charge < -0.3 is 10.8 Å². The van der Waals surface area contributed by atoms with E-state index in [1.807, 2.05) is 0 Å². The van der Waals surface area contributed by atoms with Crippen LogP contribution in [0.25, 0.3) is 0 Å². The average molecular weight is 281 g/mol. The molecule has 0 fully saturated rings. The molecule has 0 aliphatic heterocycles. The van der Waals surface area contributed by atoms with Gasteiger partial charge in [0.2, 0.25) is 0 Å². The average Bonchev–Trinajstić information content (AvgIpc) is 2.38. The Morgan fingerprint density at radius 3 is 2.15 bits per heavy atom. The SMILES string of the molecule is Nc1ccccc1C(O)Cc1ccc(C(F)(F)F)cc1. The Kier molecular flexibility index (Phi) is 3.99. The molecular weight excluding hydrogens is 267 g/mol. The molecule has 2 aromatic rings. The number of aliphatic hydroxyl groups is 1. The highest BCUT2D eigenvalue weighted by molar-refractivity contribution is 5.48. The molecule has 2 rings (SSSR count). The Balaban J connectivity index is 2.13. The monoisotopic (exact) mass is 281 g/mol. The van der Waals surface area contributed by atoms with Crippen LogP contribution in [-0.4, -0.2) is 5.11 Å². The molecule has 0 bridgehead atoms. The summed E-state index contributed by atoms with van der Waals surface area (Å²) in [6.45, 7) is 0. The van der Waals surface area contributed by atoms with Gasteiger partial charge in [-0.25, -0.2) is 0 Å². The first kappa shape index (κ1) is 14.4. The lowest BCUT2D eigenvalue weighted by Gasteiger charge is -2.14. The fourth-order valence-electron chi connectivity index (χ4n) is 1.98. The number of aliphatic hydroxyl groups excluding tert-OH is 1. The van der Waals surface area contributed by atoms with Crippen LogP contribution in [0.15, 0.2) is 48.5 Å². The van der Waals surface area contributed by atoms with Crippen molar-refractivity contribution in [1.82, 2.24) is 0 Å². The quantitative estimate of drug-likeness (QED) is 0.845. The molecule has 5 heteroatoms. The highest BCUT2D eigenvalue weighted by Gasteiger charge is 2.30. The zero-order valence-corrected chi connectivity index (χ0v) is 10.6. The molecular formula is C15H14F3NO. The van der Waals surface area contributed by atoms with Crippen LogP contribution in [0.5, 0.6) is 0 Å². The van der Waals surface area contributed by atoms with Crippen molar-refractivity contribution in [1.29, 1.82) is 0 Å². The van der Waals surface area contributed by atoms with Gasteiger partial charge in [-0.2, -0.15) is 13.2 Å². The third-order valence-corrected chi connectivity index (χ3v) is 3.07. The third-order valence-electron chi connectivity index (χ3n) is 3.07. The van der Waals surface area contributed by atoms with Gasteiger partial charge in [0.05, 0.1) is 11.7 Å². The Morgan fingerprint density at radius 2 is 1.60 bits per heavy atom. The van der Waals surface area contributed by atoms with E-state index in [1.165, 1.54) is 12.1 Å². The number of alkyl halides is 3. The predicted molar refractivity (Wildman–Crippen MR) is 71.0 cm³/mol. The highest BCUT2D eigenvalue weighted by Crippen LogP contribution is 2.30. The highest BCUT2D eigenvalue weighted by atomic mass is 19.4. The molecule has 0 aliphatic rings. The topological polar surface area (TPSA) is 46.2 Å². The normalized spacial score (nSPS) is 13.2. The Labute approximate surface area is 114 Å². The largest absolute Gasteiger partial charge is 0.416 e. The summed E-state index contributed by atoms with van der Waals surface area (Å²) < 4.78 is 37.3. The summed E-state index contributed by atoms with van der Waals surface area (Å²) in [7, 11) is 0. The van der Waals surface area contributed by atoms with E-state index in [0.717, 1.165) is 12.1 Å². The van der Waals surface area contributed by atoms with Crippen LogP contribution in [0, 0.1) is 0 Å². The van der Waals surface area contributed by atoms with E-state index < -0.39 is 17.8 Å². The number of hydrogen-bond donors (Lipinski definition) is 2. The summed E-state index contributed by atoms with van der Waals surface area (Å²) in [5.41, 5.74) is 6.71. The van der Waals surface area contributed by atoms with Crippen molar-refractivity contribution in [3.8, 4) is 0 Å². The molecule has 1 unspecified atom stereocenters. The minimum Gasteiger partial charge on any atom is -0.398 e. The first-order valence-electron chi connectivity index (χ1n) is 6.06. The van der Waals surface area contributed by atoms with Crippen molar-refractivity contribution in [2.45, 2.75) is 18.7 Å². The fraction of sp³-hybridized carbons (Fsp3) is 0.200. The van der Waals surface area contributed by atoms with Crippen LogP contribution in [0.2, 0.25) is 0 Å². The number of benzene rings is 2. The number of para-hydroxylation sites is 1. The number of nitrogens with two attached hydrogens (primary N) is 1. The van der Waals surface area contributed by atoms with E-state index in [9.17, 15) is 18.3 Å². The lowest BCUT2D eigenvalue weighted by atomic mass is 9.99. The van der Waals surface area contributed by atoms with Gasteiger partial charge in [0.1, 0.15) is 0 Å². The van der Waals surface area contributed by atoms with Crippen molar-refractivity contribution in [3.63, 3.8) is 0 Å². The summed E-state index contributed by atoms with van der Waals surface area (Å²) in [6.07, 6.45) is -4.97. The number of hydrogen-bond acceptors (Lipinski definition) is 2. The van der Waals surface area contributed by atoms with Crippen LogP contribution >= 0.6 is 0 Å². The molecule has 20 heavy (non-hydrogen) atoms. The van der Waals surface area contributed by atoms with Gasteiger partial charge >= 0.3 is 6.18 Å². The second-order valence-electron chi connectivity index (χ2n) is 4.54. The second kappa shape index (κ2) is 5.54. The first-order valence-corrected chi connectivity index (χ1v) is 6.06. The minimum atomic E-state index is -4.35. The van der Waals surface area contributed by atoms with Crippen LogP contribution in [0.3, 0.4) is 0 Å². The van der Waals surface area contributed by atoms with Crippen molar-refractivity contribution in [3.05, 3.63) is 65.2 Å². The van der Waals surface area contributed by atoms with Crippen LogP contribution < -0.4 is 5.73 Å². The summed E-state index contributed by atoms with van der Waals surface area (Å²) in [4.78, 5) is 0. The zero-order valence-electron chi connectivity index (χ0n) is 10.6. The molecule has 0 saturated carbocycles. The lowest BCUT2D eigenvalue weighted by molar-refractivity contribution is -0.137. The summed E-state index contributed by atoms with van der Waals surface area (Å²) in [5.74, 6) is 0. The van der Waals surface area contributed by atoms with Crippen LogP contribution in [0.4, 0.5) is 18.9 Å². The smallest absolute Gasteiger partial charge is 0.398 e. The Hall–Kier alpha value is -2.01. The predicted octanol–water partition coefficient (Wildman–Crippen LogP) is 3.56. The van der Waals surface area contributed by atoms with Gasteiger partial charge in [-0.15, -0.1) is 0 Å². The van der Waals surface area contributed by atoms with Gasteiger partial charge in [-0.05, 0) is 23.8 Å². The maximum absolute atomic E-state index is 12.4. The van der Waals surface area contributed by atoms with E-state index in [1.54, 1.807) is 24.3 Å². The van der Waals surface area contributed by atoms with Gasteiger partial charge in [-0.3, -0.25) is 0 Å². The molecule has 0 aliphatic carbocycles. The maximum atomic E-state index is 12.4. The number of halogens is 3. The van der Waals surface area contributed by atoms with Gasteiger partial charge in [0.15, 0.2) is 0 Å². The van der Waals surface area contributed by atoms with E-state index in [4.69, 9.17) is 5.73 Å². The van der Waals surface area contributed by atoms with E-state index in [2.05, 4.69) is 0 Å². The molecule has 0 aromatic heterocycles. The Bertz CT molecular complexity index is 578. The molecule has 0 amide bonds. The van der Waals surface area contributed by atoms with Crippen molar-refractivity contribution < 1.29 is 18.3 Å². The molecule has 0 heterocycles. The van der Waals surface area contributed by atoms with Gasteiger partial charge in [0.25, 0.3) is 0 Å². The minimum absolute atomic E-state index is 0.215. The third kappa shape index (κ3) is 3.30. The fourth-order valence-corrected chi connectivity index (χ4v) is 1.98. The van der Waals surface area contributed by atoms with Crippen molar-refractivity contribution in [2.75, 3.05) is 5.73 Å². The molecule has 2 aromatic carbocycles. The maximum Gasteiger partial charge on any atom is 0.416 e. The van der Waals surface area contributed by atoms with Gasteiger partial charge in [-0.1, -0.05) is 30.3 Å². The van der Waals surface area contributed by atoms with Crippen LogP contribution in [0.1, 0.15) is 22.8 Å².